The molecule has 0 aliphatic carbocycles. The van der Waals surface area contributed by atoms with Crippen LogP contribution in [0.1, 0.15) is 34.1 Å². The highest BCUT2D eigenvalue weighted by Gasteiger charge is 2.26. The lowest BCUT2D eigenvalue weighted by molar-refractivity contribution is -0.127. The number of carbonyl (C=O) groups excluding carboxylic acids is 1. The molecule has 1 aromatic heterocycles. The molecule has 0 aromatic carbocycles. The zero-order valence-corrected chi connectivity index (χ0v) is 14.2. The van der Waals surface area contributed by atoms with E-state index in [1.807, 2.05) is 39.3 Å². The number of nitrogens with one attached hydrogen (secondary N) is 1. The summed E-state index contributed by atoms with van der Waals surface area (Å²) in [5.41, 5.74) is -0.176. The van der Waals surface area contributed by atoms with Crippen molar-refractivity contribution in [1.82, 2.24) is 15.2 Å². The van der Waals surface area contributed by atoms with Crippen molar-refractivity contribution in [2.45, 2.75) is 45.7 Å². The van der Waals surface area contributed by atoms with Crippen LogP contribution in [0, 0.1) is 0 Å². The molecule has 5 nitrogen and oxygen atoms in total. The third-order valence-electron chi connectivity index (χ3n) is 3.65. The van der Waals surface area contributed by atoms with Gasteiger partial charge in [0.25, 0.3) is 0 Å². The second-order valence-electron chi connectivity index (χ2n) is 6.61. The highest BCUT2D eigenvalue weighted by molar-refractivity contribution is 7.13. The van der Waals surface area contributed by atoms with Crippen molar-refractivity contribution in [3.63, 3.8) is 0 Å². The summed E-state index contributed by atoms with van der Waals surface area (Å²) < 4.78 is 0. The minimum atomic E-state index is -0.176. The van der Waals surface area contributed by atoms with Gasteiger partial charge in [0.2, 0.25) is 5.91 Å². The lowest BCUT2D eigenvalue weighted by atomic mass is 10.1. The molecule has 6 heteroatoms. The molecule has 0 radical (unpaired) electrons. The maximum Gasteiger partial charge on any atom is 0.237 e. The zero-order valence-electron chi connectivity index (χ0n) is 13.4. The van der Waals surface area contributed by atoms with Crippen molar-refractivity contribution in [3.05, 3.63) is 11.6 Å². The number of hydrogen-bond acceptors (Lipinski definition) is 5. The van der Waals surface area contributed by atoms with Crippen molar-refractivity contribution in [2.24, 2.45) is 0 Å². The van der Waals surface area contributed by atoms with Gasteiger partial charge in [0.05, 0.1) is 6.04 Å². The molecule has 1 fully saturated rings. The molecule has 1 atom stereocenters. The zero-order chi connectivity index (χ0) is 15.5. The molecule has 0 spiro atoms. The Morgan fingerprint density at radius 2 is 2.10 bits per heavy atom. The Kier molecular flexibility index (Phi) is 5.22. The smallest absolute Gasteiger partial charge is 0.237 e. The summed E-state index contributed by atoms with van der Waals surface area (Å²) in [5, 5.41) is 6.17. The van der Waals surface area contributed by atoms with Crippen LogP contribution in [0.4, 0.5) is 5.13 Å². The number of nitrogens with zero attached hydrogens (tertiary/aromatic N) is 3. The van der Waals surface area contributed by atoms with Crippen LogP contribution < -0.4 is 10.2 Å². The molecule has 2 heterocycles. The van der Waals surface area contributed by atoms with E-state index < -0.39 is 0 Å². The second-order valence-corrected chi connectivity index (χ2v) is 7.48. The molecule has 1 amide bonds. The van der Waals surface area contributed by atoms with Crippen LogP contribution in [0.5, 0.6) is 0 Å². The van der Waals surface area contributed by atoms with Gasteiger partial charge in [-0.3, -0.25) is 9.69 Å². The number of carbonyl (C=O) groups is 1. The van der Waals surface area contributed by atoms with Gasteiger partial charge in [0.1, 0.15) is 0 Å². The Hall–Kier alpha value is -1.14. The molecule has 1 aliphatic rings. The molecule has 1 unspecified atom stereocenters. The minimum Gasteiger partial charge on any atom is -0.350 e. The first kappa shape index (κ1) is 16.2. The SMILES string of the molecule is CC(C(=O)NC(C)(C)C)N1CCCN(c2nccs2)CC1. The number of hydrogen-bond donors (Lipinski definition) is 1. The highest BCUT2D eigenvalue weighted by atomic mass is 32.1. The van der Waals surface area contributed by atoms with Gasteiger partial charge in [0, 0.05) is 43.3 Å². The summed E-state index contributed by atoms with van der Waals surface area (Å²) in [6.07, 6.45) is 2.91. The number of aromatic nitrogens is 1. The van der Waals surface area contributed by atoms with Crippen molar-refractivity contribution < 1.29 is 4.79 Å². The fraction of sp³-hybridized carbons (Fsp3) is 0.733. The van der Waals surface area contributed by atoms with E-state index in [-0.39, 0.29) is 17.5 Å². The molecule has 21 heavy (non-hydrogen) atoms. The molecule has 118 valence electrons. The quantitative estimate of drug-likeness (QED) is 0.927. The lowest BCUT2D eigenvalue weighted by Crippen LogP contribution is -2.51. The first-order valence-corrected chi connectivity index (χ1v) is 8.45. The van der Waals surface area contributed by atoms with E-state index in [4.69, 9.17) is 0 Å². The van der Waals surface area contributed by atoms with Gasteiger partial charge in [0.15, 0.2) is 5.13 Å². The predicted molar refractivity (Wildman–Crippen MR) is 87.9 cm³/mol. The van der Waals surface area contributed by atoms with E-state index in [1.165, 1.54) is 0 Å². The van der Waals surface area contributed by atoms with E-state index in [1.54, 1.807) is 11.3 Å². The fourth-order valence-electron chi connectivity index (χ4n) is 2.53. The van der Waals surface area contributed by atoms with Crippen LogP contribution in [0.2, 0.25) is 0 Å². The Labute approximate surface area is 131 Å². The van der Waals surface area contributed by atoms with Crippen molar-refractivity contribution >= 4 is 22.4 Å². The minimum absolute atomic E-state index is 0.0829. The molecular formula is C15H26N4OS. The van der Waals surface area contributed by atoms with E-state index in [0.717, 1.165) is 37.7 Å². The summed E-state index contributed by atoms with van der Waals surface area (Å²) >= 11 is 1.68. The van der Waals surface area contributed by atoms with E-state index in [2.05, 4.69) is 20.1 Å². The average Bonchev–Trinajstić information content (AvgIpc) is 2.81. The summed E-state index contributed by atoms with van der Waals surface area (Å²) in [4.78, 5) is 21.3. The number of anilines is 1. The number of amides is 1. The van der Waals surface area contributed by atoms with Crippen LogP contribution >= 0.6 is 11.3 Å². The summed E-state index contributed by atoms with van der Waals surface area (Å²) in [5.74, 6) is 0.116. The normalized spacial score (nSPS) is 19.1. The Morgan fingerprint density at radius 1 is 1.33 bits per heavy atom. The lowest BCUT2D eigenvalue weighted by Gasteiger charge is -2.30. The first-order valence-electron chi connectivity index (χ1n) is 7.57. The van der Waals surface area contributed by atoms with Gasteiger partial charge in [-0.2, -0.15) is 0 Å². The molecule has 0 bridgehead atoms. The number of rotatable bonds is 3. The van der Waals surface area contributed by atoms with Crippen molar-refractivity contribution in [1.29, 1.82) is 0 Å². The monoisotopic (exact) mass is 310 g/mol. The van der Waals surface area contributed by atoms with Gasteiger partial charge in [-0.05, 0) is 34.1 Å². The van der Waals surface area contributed by atoms with Gasteiger partial charge in [-0.15, -0.1) is 11.3 Å². The van der Waals surface area contributed by atoms with Gasteiger partial charge in [-0.1, -0.05) is 0 Å². The maximum absolute atomic E-state index is 12.3. The van der Waals surface area contributed by atoms with Crippen LogP contribution in [-0.2, 0) is 4.79 Å². The maximum atomic E-state index is 12.3. The van der Waals surface area contributed by atoms with Crippen LogP contribution in [0.25, 0.3) is 0 Å². The summed E-state index contributed by atoms with van der Waals surface area (Å²) in [6, 6.07) is -0.0829. The predicted octanol–water partition coefficient (Wildman–Crippen LogP) is 1.96. The number of thiazole rings is 1. The Balaban J connectivity index is 1.91. The third-order valence-corrected chi connectivity index (χ3v) is 4.48. The van der Waals surface area contributed by atoms with Crippen LogP contribution in [-0.4, -0.2) is 53.6 Å². The van der Waals surface area contributed by atoms with Gasteiger partial charge in [-0.25, -0.2) is 4.98 Å². The van der Waals surface area contributed by atoms with E-state index >= 15 is 0 Å². The molecule has 1 saturated heterocycles. The van der Waals surface area contributed by atoms with Crippen LogP contribution in [0.3, 0.4) is 0 Å². The van der Waals surface area contributed by atoms with E-state index in [9.17, 15) is 4.79 Å². The molecule has 1 N–H and O–H groups in total. The fourth-order valence-corrected chi connectivity index (χ4v) is 3.22. The molecule has 1 aliphatic heterocycles. The second kappa shape index (κ2) is 6.75. The molecule has 2 rings (SSSR count). The third kappa shape index (κ3) is 4.68. The van der Waals surface area contributed by atoms with Crippen molar-refractivity contribution in [2.75, 3.05) is 31.1 Å². The van der Waals surface area contributed by atoms with Crippen LogP contribution in [0.15, 0.2) is 11.6 Å². The first-order chi connectivity index (χ1) is 9.87. The van der Waals surface area contributed by atoms with E-state index in [0.29, 0.717) is 0 Å². The van der Waals surface area contributed by atoms with Crippen molar-refractivity contribution in [3.8, 4) is 0 Å². The highest BCUT2D eigenvalue weighted by Crippen LogP contribution is 2.19. The largest absolute Gasteiger partial charge is 0.350 e. The standard InChI is InChI=1S/C15H26N4OS/c1-12(13(20)17-15(2,3)4)18-7-5-8-19(10-9-18)14-16-6-11-21-14/h6,11-12H,5,7-10H2,1-4H3,(H,17,20). The Bertz CT molecular complexity index is 455. The Morgan fingerprint density at radius 3 is 2.71 bits per heavy atom. The molecular weight excluding hydrogens is 284 g/mol. The molecule has 1 aromatic rings. The summed E-state index contributed by atoms with van der Waals surface area (Å²) in [6.45, 7) is 11.9. The summed E-state index contributed by atoms with van der Waals surface area (Å²) in [7, 11) is 0. The van der Waals surface area contributed by atoms with Gasteiger partial charge < -0.3 is 10.2 Å². The topological polar surface area (TPSA) is 48.5 Å². The average molecular weight is 310 g/mol. The van der Waals surface area contributed by atoms with Gasteiger partial charge >= 0.3 is 0 Å². The molecule has 0 saturated carbocycles.